The molecule has 0 aliphatic carbocycles. The molecule has 0 bridgehead atoms. The first-order valence-electron chi connectivity index (χ1n) is 10.3. The minimum atomic E-state index is -1.33. The number of aliphatic hydroxyl groups is 1. The molecule has 1 heterocycles. The van der Waals surface area contributed by atoms with Gasteiger partial charge in [0.1, 0.15) is 5.60 Å². The van der Waals surface area contributed by atoms with Gasteiger partial charge in [-0.15, -0.1) is 0 Å². The minimum Gasteiger partial charge on any atom is -0.454 e. The molecule has 1 unspecified atom stereocenters. The summed E-state index contributed by atoms with van der Waals surface area (Å²) in [7, 11) is 0. The van der Waals surface area contributed by atoms with Gasteiger partial charge in [0, 0.05) is 6.54 Å². The van der Waals surface area contributed by atoms with Gasteiger partial charge >= 0.3 is 11.8 Å². The lowest BCUT2D eigenvalue weighted by Gasteiger charge is -2.24. The highest BCUT2D eigenvalue weighted by Gasteiger charge is 2.25. The van der Waals surface area contributed by atoms with Crippen LogP contribution in [0.4, 0.5) is 0 Å². The number of nitrogens with one attached hydrogen (secondary N) is 2. The number of ether oxygens (including phenoxy) is 2. The van der Waals surface area contributed by atoms with Crippen LogP contribution in [0.25, 0.3) is 11.1 Å². The third-order valence-corrected chi connectivity index (χ3v) is 5.30. The van der Waals surface area contributed by atoms with Crippen LogP contribution in [0.1, 0.15) is 18.1 Å². The second-order valence-corrected chi connectivity index (χ2v) is 7.77. The molecule has 1 aliphatic rings. The van der Waals surface area contributed by atoms with Crippen molar-refractivity contribution in [3.63, 3.8) is 0 Å². The predicted molar refractivity (Wildman–Crippen MR) is 119 cm³/mol. The lowest BCUT2D eigenvalue weighted by molar-refractivity contribution is -0.139. The molecule has 2 amide bonds. The van der Waals surface area contributed by atoms with Crippen molar-refractivity contribution in [3.05, 3.63) is 83.9 Å². The van der Waals surface area contributed by atoms with E-state index in [0.717, 1.165) is 16.7 Å². The molecule has 1 atom stereocenters. The van der Waals surface area contributed by atoms with Gasteiger partial charge in [-0.25, -0.2) is 0 Å². The number of carbonyl (C=O) groups is 2. The normalized spacial score (nSPS) is 13.8. The van der Waals surface area contributed by atoms with Crippen molar-refractivity contribution in [1.29, 1.82) is 0 Å². The largest absolute Gasteiger partial charge is 0.454 e. The first-order valence-corrected chi connectivity index (χ1v) is 10.3. The first kappa shape index (κ1) is 21.4. The summed E-state index contributed by atoms with van der Waals surface area (Å²) in [6.45, 7) is 1.83. The fourth-order valence-corrected chi connectivity index (χ4v) is 3.40. The summed E-state index contributed by atoms with van der Waals surface area (Å²) in [5.74, 6) is -0.336. The van der Waals surface area contributed by atoms with E-state index in [0.29, 0.717) is 17.1 Å². The Balaban J connectivity index is 1.29. The molecule has 3 N–H and O–H groups in total. The van der Waals surface area contributed by atoms with E-state index in [1.54, 1.807) is 25.1 Å². The number of benzene rings is 3. The van der Waals surface area contributed by atoms with Gasteiger partial charge in [0.05, 0.1) is 6.54 Å². The molecule has 164 valence electrons. The Morgan fingerprint density at radius 2 is 1.53 bits per heavy atom. The van der Waals surface area contributed by atoms with Crippen LogP contribution >= 0.6 is 0 Å². The van der Waals surface area contributed by atoms with Crippen LogP contribution in [0.15, 0.2) is 72.8 Å². The number of carbonyl (C=O) groups excluding carboxylic acids is 2. The Kier molecular flexibility index (Phi) is 6.09. The van der Waals surface area contributed by atoms with E-state index in [4.69, 9.17) is 9.47 Å². The highest BCUT2D eigenvalue weighted by molar-refractivity contribution is 6.35. The molecule has 3 aromatic carbocycles. The summed E-state index contributed by atoms with van der Waals surface area (Å²) in [4.78, 5) is 24.3. The third kappa shape index (κ3) is 4.90. The van der Waals surface area contributed by atoms with Crippen molar-refractivity contribution >= 4 is 11.8 Å². The third-order valence-electron chi connectivity index (χ3n) is 5.30. The molecule has 0 aromatic heterocycles. The van der Waals surface area contributed by atoms with E-state index in [1.807, 2.05) is 54.6 Å². The molecule has 32 heavy (non-hydrogen) atoms. The Hall–Kier alpha value is -3.84. The van der Waals surface area contributed by atoms with Crippen molar-refractivity contribution in [1.82, 2.24) is 10.6 Å². The average molecular weight is 432 g/mol. The van der Waals surface area contributed by atoms with Gasteiger partial charge in [0.15, 0.2) is 11.5 Å². The van der Waals surface area contributed by atoms with Crippen molar-refractivity contribution < 1.29 is 24.2 Å². The summed E-state index contributed by atoms with van der Waals surface area (Å²) in [5, 5.41) is 15.9. The van der Waals surface area contributed by atoms with Gasteiger partial charge in [0.2, 0.25) is 6.79 Å². The number of amides is 2. The van der Waals surface area contributed by atoms with Gasteiger partial charge in [-0.1, -0.05) is 60.7 Å². The van der Waals surface area contributed by atoms with Gasteiger partial charge in [-0.2, -0.15) is 0 Å². The SMILES string of the molecule is CC(O)(CNC(=O)C(=O)NCc1ccc2c(c1)OCO2)c1ccc(-c2ccccc2)cc1. The van der Waals surface area contributed by atoms with Gasteiger partial charge < -0.3 is 25.2 Å². The van der Waals surface area contributed by atoms with E-state index in [-0.39, 0.29) is 19.9 Å². The maximum atomic E-state index is 12.2. The van der Waals surface area contributed by atoms with E-state index in [2.05, 4.69) is 10.6 Å². The molecule has 0 saturated heterocycles. The highest BCUT2D eigenvalue weighted by Crippen LogP contribution is 2.32. The fourth-order valence-electron chi connectivity index (χ4n) is 3.40. The lowest BCUT2D eigenvalue weighted by atomic mass is 9.93. The van der Waals surface area contributed by atoms with E-state index >= 15 is 0 Å². The average Bonchev–Trinajstić information content (AvgIpc) is 3.29. The minimum absolute atomic E-state index is 0.103. The quantitative estimate of drug-likeness (QED) is 0.521. The number of fused-ring (bicyclic) bond motifs is 1. The second kappa shape index (κ2) is 9.11. The van der Waals surface area contributed by atoms with Crippen molar-refractivity contribution in [2.45, 2.75) is 19.1 Å². The van der Waals surface area contributed by atoms with Gasteiger partial charge in [-0.3, -0.25) is 9.59 Å². The zero-order valence-electron chi connectivity index (χ0n) is 17.6. The molecule has 7 nitrogen and oxygen atoms in total. The second-order valence-electron chi connectivity index (χ2n) is 7.77. The number of hydrogen-bond acceptors (Lipinski definition) is 5. The molecule has 0 radical (unpaired) electrons. The van der Waals surface area contributed by atoms with Gasteiger partial charge in [-0.05, 0) is 41.3 Å². The summed E-state index contributed by atoms with van der Waals surface area (Å²) in [5.41, 5.74) is 2.19. The number of hydrogen-bond donors (Lipinski definition) is 3. The van der Waals surface area contributed by atoms with Crippen LogP contribution in [-0.2, 0) is 21.7 Å². The zero-order chi connectivity index (χ0) is 22.6. The number of rotatable bonds is 6. The predicted octanol–water partition coefficient (Wildman–Crippen LogP) is 2.72. The maximum Gasteiger partial charge on any atom is 0.309 e. The Labute approximate surface area is 186 Å². The molecular weight excluding hydrogens is 408 g/mol. The van der Waals surface area contributed by atoms with E-state index in [9.17, 15) is 14.7 Å². The highest BCUT2D eigenvalue weighted by atomic mass is 16.7. The van der Waals surface area contributed by atoms with Crippen LogP contribution in [0.2, 0.25) is 0 Å². The Morgan fingerprint density at radius 3 is 2.28 bits per heavy atom. The monoisotopic (exact) mass is 432 g/mol. The molecule has 7 heteroatoms. The Morgan fingerprint density at radius 1 is 0.875 bits per heavy atom. The van der Waals surface area contributed by atoms with E-state index in [1.165, 1.54) is 0 Å². The first-order chi connectivity index (χ1) is 15.4. The maximum absolute atomic E-state index is 12.2. The molecule has 3 aromatic rings. The van der Waals surface area contributed by atoms with Gasteiger partial charge in [0.25, 0.3) is 0 Å². The molecule has 0 fully saturated rings. The molecule has 0 saturated carbocycles. The van der Waals surface area contributed by atoms with Crippen molar-refractivity contribution in [2.24, 2.45) is 0 Å². The lowest BCUT2D eigenvalue weighted by Crippen LogP contribution is -2.45. The van der Waals surface area contributed by atoms with Crippen LogP contribution in [0, 0.1) is 0 Å². The topological polar surface area (TPSA) is 96.9 Å². The zero-order valence-corrected chi connectivity index (χ0v) is 17.6. The smallest absolute Gasteiger partial charge is 0.309 e. The molecule has 1 aliphatic heterocycles. The van der Waals surface area contributed by atoms with Crippen LogP contribution in [0.5, 0.6) is 11.5 Å². The summed E-state index contributed by atoms with van der Waals surface area (Å²) >= 11 is 0. The van der Waals surface area contributed by atoms with Crippen LogP contribution < -0.4 is 20.1 Å². The summed E-state index contributed by atoms with van der Waals surface area (Å²) in [6, 6.07) is 22.7. The van der Waals surface area contributed by atoms with Crippen LogP contribution in [0.3, 0.4) is 0 Å². The van der Waals surface area contributed by atoms with Crippen molar-refractivity contribution in [3.8, 4) is 22.6 Å². The van der Waals surface area contributed by atoms with E-state index < -0.39 is 17.4 Å². The molecular formula is C25H24N2O5. The molecule has 4 rings (SSSR count). The Bertz CT molecular complexity index is 1110. The molecule has 0 spiro atoms. The summed E-state index contributed by atoms with van der Waals surface area (Å²) in [6.07, 6.45) is 0. The fraction of sp³-hybridized carbons (Fsp3) is 0.200. The van der Waals surface area contributed by atoms with Crippen molar-refractivity contribution in [2.75, 3.05) is 13.3 Å². The van der Waals surface area contributed by atoms with Crippen LogP contribution in [-0.4, -0.2) is 30.3 Å². The standard InChI is InChI=1S/C25H24N2O5/c1-25(30,20-10-8-19(9-11-20)18-5-3-2-4-6-18)15-27-24(29)23(28)26-14-17-7-12-21-22(13-17)32-16-31-21/h2-13,30H,14-16H2,1H3,(H,26,28)(H,27,29). The summed E-state index contributed by atoms with van der Waals surface area (Å²) < 4.78 is 10.6.